The molecule has 2 aromatic carbocycles. The van der Waals surface area contributed by atoms with Gasteiger partial charge >= 0.3 is 0 Å². The molecule has 1 saturated carbocycles. The molecule has 0 spiro atoms. The summed E-state index contributed by atoms with van der Waals surface area (Å²) in [4.78, 5) is 2.64. The molecule has 1 aliphatic carbocycles. The fourth-order valence-corrected chi connectivity index (χ4v) is 3.51. The molecule has 1 heterocycles. The van der Waals surface area contributed by atoms with Gasteiger partial charge in [-0.3, -0.25) is 4.90 Å². The monoisotopic (exact) mass is 266 g/mol. The lowest BCUT2D eigenvalue weighted by Gasteiger charge is -2.31. The number of nitrogens with one attached hydrogen (secondary N) is 1. The number of rotatable bonds is 3. The van der Waals surface area contributed by atoms with E-state index in [1.807, 2.05) is 0 Å². The maximum Gasteiger partial charge on any atom is 0.0108 e. The van der Waals surface area contributed by atoms with Crippen molar-refractivity contribution in [1.82, 2.24) is 10.2 Å². The summed E-state index contributed by atoms with van der Waals surface area (Å²) in [5, 5.41) is 6.18. The highest BCUT2D eigenvalue weighted by molar-refractivity contribution is 5.83. The molecule has 2 fully saturated rings. The predicted octanol–water partition coefficient (Wildman–Crippen LogP) is 2.78. The second-order valence-electron chi connectivity index (χ2n) is 6.37. The lowest BCUT2D eigenvalue weighted by atomic mass is 9.93. The van der Waals surface area contributed by atoms with Gasteiger partial charge in [0.05, 0.1) is 0 Å². The van der Waals surface area contributed by atoms with Crippen LogP contribution in [0.15, 0.2) is 42.5 Å². The number of piperazine rings is 1. The topological polar surface area (TPSA) is 15.3 Å². The fourth-order valence-electron chi connectivity index (χ4n) is 3.51. The first-order valence-corrected chi connectivity index (χ1v) is 7.78. The van der Waals surface area contributed by atoms with Crippen LogP contribution in [-0.4, -0.2) is 37.6 Å². The molecule has 20 heavy (non-hydrogen) atoms. The Hall–Kier alpha value is -1.38. The van der Waals surface area contributed by atoms with E-state index in [4.69, 9.17) is 0 Å². The van der Waals surface area contributed by atoms with Gasteiger partial charge in [0.15, 0.2) is 0 Å². The minimum Gasteiger partial charge on any atom is -0.314 e. The van der Waals surface area contributed by atoms with Crippen LogP contribution in [0.1, 0.15) is 18.4 Å². The molecule has 0 bridgehead atoms. The highest BCUT2D eigenvalue weighted by Crippen LogP contribution is 2.49. The molecule has 0 aromatic heterocycles. The zero-order valence-electron chi connectivity index (χ0n) is 11.9. The van der Waals surface area contributed by atoms with E-state index in [0.717, 1.165) is 13.1 Å². The lowest BCUT2D eigenvalue weighted by molar-refractivity contribution is 0.221. The number of benzene rings is 2. The Morgan fingerprint density at radius 3 is 2.45 bits per heavy atom. The van der Waals surface area contributed by atoms with Crippen molar-refractivity contribution in [3.8, 4) is 0 Å². The van der Waals surface area contributed by atoms with E-state index in [0.29, 0.717) is 5.41 Å². The molecule has 2 aromatic rings. The van der Waals surface area contributed by atoms with E-state index in [1.165, 1.54) is 43.2 Å². The van der Waals surface area contributed by atoms with Gasteiger partial charge in [-0.25, -0.2) is 0 Å². The minimum atomic E-state index is 0.446. The number of nitrogens with zero attached hydrogens (tertiary/aromatic N) is 1. The maximum atomic E-state index is 3.44. The molecule has 2 nitrogen and oxygen atoms in total. The Labute approximate surface area is 120 Å². The van der Waals surface area contributed by atoms with Crippen LogP contribution in [-0.2, 0) is 5.41 Å². The first-order valence-electron chi connectivity index (χ1n) is 7.78. The normalized spacial score (nSPS) is 22.0. The van der Waals surface area contributed by atoms with E-state index >= 15 is 0 Å². The number of fused-ring (bicyclic) bond motifs is 1. The SMILES string of the molecule is c1ccc2cc(C3(CN4CCNCC4)CC3)ccc2c1. The van der Waals surface area contributed by atoms with Crippen molar-refractivity contribution >= 4 is 10.8 Å². The Bertz CT molecular complexity index is 610. The van der Waals surface area contributed by atoms with Gasteiger partial charge in [-0.2, -0.15) is 0 Å². The number of hydrogen-bond donors (Lipinski definition) is 1. The van der Waals surface area contributed by atoms with Gasteiger partial charge in [0, 0.05) is 38.1 Å². The van der Waals surface area contributed by atoms with Crippen molar-refractivity contribution in [3.63, 3.8) is 0 Å². The van der Waals surface area contributed by atoms with Gasteiger partial charge in [-0.05, 0) is 29.2 Å². The Balaban J connectivity index is 1.60. The molecule has 2 heteroatoms. The van der Waals surface area contributed by atoms with Crippen LogP contribution in [0.3, 0.4) is 0 Å². The predicted molar refractivity (Wildman–Crippen MR) is 84.2 cm³/mol. The van der Waals surface area contributed by atoms with E-state index < -0.39 is 0 Å². The average molecular weight is 266 g/mol. The minimum absolute atomic E-state index is 0.446. The first kappa shape index (κ1) is 12.4. The highest BCUT2D eigenvalue weighted by Gasteiger charge is 2.45. The molecule has 0 amide bonds. The van der Waals surface area contributed by atoms with Gasteiger partial charge in [0.2, 0.25) is 0 Å². The average Bonchev–Trinajstić information content (AvgIpc) is 3.29. The quantitative estimate of drug-likeness (QED) is 0.919. The van der Waals surface area contributed by atoms with Crippen molar-refractivity contribution in [2.45, 2.75) is 18.3 Å². The summed E-state index contributed by atoms with van der Waals surface area (Å²) < 4.78 is 0. The van der Waals surface area contributed by atoms with Gasteiger partial charge in [-0.1, -0.05) is 42.5 Å². The van der Waals surface area contributed by atoms with Crippen molar-refractivity contribution in [2.24, 2.45) is 0 Å². The molecule has 0 atom stereocenters. The summed E-state index contributed by atoms with van der Waals surface area (Å²) in [7, 11) is 0. The van der Waals surface area contributed by atoms with Crippen LogP contribution in [0, 0.1) is 0 Å². The zero-order valence-corrected chi connectivity index (χ0v) is 11.9. The van der Waals surface area contributed by atoms with Crippen LogP contribution in [0.4, 0.5) is 0 Å². The molecule has 4 rings (SSSR count). The fraction of sp³-hybridized carbons (Fsp3) is 0.444. The molecule has 1 aliphatic heterocycles. The van der Waals surface area contributed by atoms with E-state index in [-0.39, 0.29) is 0 Å². The Morgan fingerprint density at radius 1 is 0.950 bits per heavy atom. The van der Waals surface area contributed by atoms with Crippen molar-refractivity contribution < 1.29 is 0 Å². The third kappa shape index (κ3) is 2.23. The van der Waals surface area contributed by atoms with Crippen LogP contribution < -0.4 is 5.32 Å². The second-order valence-corrected chi connectivity index (χ2v) is 6.37. The van der Waals surface area contributed by atoms with Crippen molar-refractivity contribution in [2.75, 3.05) is 32.7 Å². The van der Waals surface area contributed by atoms with Gasteiger partial charge in [0.25, 0.3) is 0 Å². The standard InChI is InChI=1S/C18H22N2/c1-2-4-16-13-17(6-5-15(16)3-1)18(7-8-18)14-20-11-9-19-10-12-20/h1-6,13,19H,7-12,14H2. The van der Waals surface area contributed by atoms with E-state index in [2.05, 4.69) is 52.7 Å². The first-order chi connectivity index (χ1) is 9.86. The summed E-state index contributed by atoms with van der Waals surface area (Å²) >= 11 is 0. The second kappa shape index (κ2) is 4.87. The smallest absolute Gasteiger partial charge is 0.0108 e. The van der Waals surface area contributed by atoms with Crippen molar-refractivity contribution in [3.05, 3.63) is 48.0 Å². The van der Waals surface area contributed by atoms with Crippen LogP contribution in [0.25, 0.3) is 10.8 Å². The third-order valence-electron chi connectivity index (χ3n) is 4.95. The summed E-state index contributed by atoms with van der Waals surface area (Å²) in [6.45, 7) is 5.94. The van der Waals surface area contributed by atoms with Crippen LogP contribution >= 0.6 is 0 Å². The number of hydrogen-bond acceptors (Lipinski definition) is 2. The van der Waals surface area contributed by atoms with Gasteiger partial charge in [0.1, 0.15) is 0 Å². The summed E-state index contributed by atoms with van der Waals surface area (Å²) in [5.41, 5.74) is 2.00. The van der Waals surface area contributed by atoms with Gasteiger partial charge in [-0.15, -0.1) is 0 Å². The van der Waals surface area contributed by atoms with Crippen molar-refractivity contribution in [1.29, 1.82) is 0 Å². The molecule has 1 N–H and O–H groups in total. The third-order valence-corrected chi connectivity index (χ3v) is 4.95. The molecular formula is C18H22N2. The molecule has 1 saturated heterocycles. The Kier molecular flexibility index (Phi) is 3.01. The largest absolute Gasteiger partial charge is 0.314 e. The molecule has 2 aliphatic rings. The summed E-state index contributed by atoms with van der Waals surface area (Å²) in [5.74, 6) is 0. The maximum absolute atomic E-state index is 3.44. The summed E-state index contributed by atoms with van der Waals surface area (Å²) in [6.07, 6.45) is 2.71. The van der Waals surface area contributed by atoms with Gasteiger partial charge < -0.3 is 5.32 Å². The summed E-state index contributed by atoms with van der Waals surface area (Å²) in [6, 6.07) is 15.8. The highest BCUT2D eigenvalue weighted by atomic mass is 15.2. The molecular weight excluding hydrogens is 244 g/mol. The molecule has 0 radical (unpaired) electrons. The van der Waals surface area contributed by atoms with Crippen LogP contribution in [0.2, 0.25) is 0 Å². The lowest BCUT2D eigenvalue weighted by Crippen LogP contribution is -2.46. The van der Waals surface area contributed by atoms with E-state index in [1.54, 1.807) is 5.56 Å². The van der Waals surface area contributed by atoms with E-state index in [9.17, 15) is 0 Å². The Morgan fingerprint density at radius 2 is 1.70 bits per heavy atom. The molecule has 0 unspecified atom stereocenters. The zero-order chi connectivity index (χ0) is 13.4. The van der Waals surface area contributed by atoms with Crippen LogP contribution in [0.5, 0.6) is 0 Å². The molecule has 104 valence electrons.